The van der Waals surface area contributed by atoms with E-state index in [-0.39, 0.29) is 34.1 Å². The molecule has 0 atom stereocenters. The number of benzene rings is 1. The van der Waals surface area contributed by atoms with E-state index >= 15 is 0 Å². The second kappa shape index (κ2) is 9.02. The molecule has 0 radical (unpaired) electrons. The summed E-state index contributed by atoms with van der Waals surface area (Å²) in [5.74, 6) is -1.21. The molecule has 35 heavy (non-hydrogen) atoms. The van der Waals surface area contributed by atoms with Gasteiger partial charge in [0.05, 0.1) is 22.7 Å². The maximum absolute atomic E-state index is 14.1. The predicted molar refractivity (Wildman–Crippen MR) is 120 cm³/mol. The van der Waals surface area contributed by atoms with Crippen LogP contribution in [0.1, 0.15) is 5.56 Å². The average Bonchev–Trinajstić information content (AvgIpc) is 2.85. The summed E-state index contributed by atoms with van der Waals surface area (Å²) in [6, 6.07) is 6.48. The summed E-state index contributed by atoms with van der Waals surface area (Å²) in [4.78, 5) is 18.4. The second-order valence-electron chi connectivity index (χ2n) is 7.84. The number of aromatic nitrogens is 4. The van der Waals surface area contributed by atoms with Gasteiger partial charge in [-0.2, -0.15) is 13.2 Å². The monoisotopic (exact) mass is 487 g/mol. The highest BCUT2D eigenvalue weighted by Crippen LogP contribution is 2.38. The Morgan fingerprint density at radius 1 is 0.971 bits per heavy atom. The van der Waals surface area contributed by atoms with Crippen LogP contribution in [0, 0.1) is 11.6 Å². The van der Waals surface area contributed by atoms with Crippen molar-refractivity contribution in [2.45, 2.75) is 6.18 Å². The molecular weight excluding hydrogens is 469 g/mol. The third kappa shape index (κ3) is 4.56. The van der Waals surface area contributed by atoms with Crippen LogP contribution in [0.25, 0.3) is 22.3 Å². The molecule has 180 valence electrons. The van der Waals surface area contributed by atoms with Crippen LogP contribution >= 0.6 is 0 Å². The minimum atomic E-state index is -4.64. The molecule has 3 aromatic heterocycles. The summed E-state index contributed by atoms with van der Waals surface area (Å²) < 4.78 is 69.6. The number of hydrogen-bond donors (Lipinski definition) is 2. The van der Waals surface area contributed by atoms with Gasteiger partial charge < -0.3 is 15.5 Å². The Kier molecular flexibility index (Phi) is 5.89. The lowest BCUT2D eigenvalue weighted by Gasteiger charge is -2.30. The molecule has 1 saturated heterocycles. The first-order valence-corrected chi connectivity index (χ1v) is 10.7. The Morgan fingerprint density at radius 2 is 1.71 bits per heavy atom. The number of hydrogen-bond acceptors (Lipinski definition) is 7. The van der Waals surface area contributed by atoms with E-state index in [0.717, 1.165) is 18.3 Å². The van der Waals surface area contributed by atoms with Gasteiger partial charge in [-0.3, -0.25) is 4.98 Å². The van der Waals surface area contributed by atoms with Gasteiger partial charge in [0, 0.05) is 44.1 Å². The van der Waals surface area contributed by atoms with Gasteiger partial charge in [-0.25, -0.2) is 23.7 Å². The molecule has 12 heteroatoms. The van der Waals surface area contributed by atoms with Gasteiger partial charge in [0.1, 0.15) is 29.0 Å². The van der Waals surface area contributed by atoms with E-state index in [9.17, 15) is 22.0 Å². The zero-order valence-corrected chi connectivity index (χ0v) is 18.1. The predicted octanol–water partition coefficient (Wildman–Crippen LogP) is 4.54. The van der Waals surface area contributed by atoms with Crippen molar-refractivity contribution in [1.82, 2.24) is 25.3 Å². The number of fused-ring (bicyclic) bond motifs is 1. The molecule has 4 aromatic rings. The first-order chi connectivity index (χ1) is 16.8. The summed E-state index contributed by atoms with van der Waals surface area (Å²) in [5.41, 5.74) is -0.862. The third-order valence-corrected chi connectivity index (χ3v) is 5.54. The van der Waals surface area contributed by atoms with Crippen LogP contribution in [0.5, 0.6) is 0 Å². The van der Waals surface area contributed by atoms with Crippen molar-refractivity contribution >= 4 is 28.2 Å². The fraction of sp³-hybridized carbons (Fsp3) is 0.217. The van der Waals surface area contributed by atoms with Gasteiger partial charge in [-0.1, -0.05) is 6.07 Å². The maximum atomic E-state index is 14.1. The molecule has 1 aromatic carbocycles. The Labute approximate surface area is 196 Å². The number of pyridine rings is 2. The molecule has 7 nitrogen and oxygen atoms in total. The van der Waals surface area contributed by atoms with Crippen LogP contribution in [0.15, 0.2) is 48.9 Å². The van der Waals surface area contributed by atoms with Crippen molar-refractivity contribution in [2.75, 3.05) is 36.4 Å². The van der Waals surface area contributed by atoms with Crippen LogP contribution < -0.4 is 15.5 Å². The number of rotatable bonds is 4. The lowest BCUT2D eigenvalue weighted by molar-refractivity contribution is -0.136. The van der Waals surface area contributed by atoms with Crippen LogP contribution in [-0.2, 0) is 6.18 Å². The van der Waals surface area contributed by atoms with Crippen LogP contribution in [0.2, 0.25) is 0 Å². The van der Waals surface area contributed by atoms with Crippen LogP contribution in [0.3, 0.4) is 0 Å². The van der Waals surface area contributed by atoms with Gasteiger partial charge in [-0.15, -0.1) is 0 Å². The molecular formula is C23H18F5N7. The quantitative estimate of drug-likeness (QED) is 0.410. The molecule has 0 amide bonds. The van der Waals surface area contributed by atoms with Gasteiger partial charge in [0.25, 0.3) is 0 Å². The van der Waals surface area contributed by atoms with E-state index in [4.69, 9.17) is 0 Å². The summed E-state index contributed by atoms with van der Waals surface area (Å²) >= 11 is 0. The minimum Gasteiger partial charge on any atom is -0.353 e. The Hall–Kier alpha value is -3.93. The molecule has 0 bridgehead atoms. The van der Waals surface area contributed by atoms with E-state index in [1.807, 2.05) is 0 Å². The number of nitrogens with zero attached hydrogens (tertiary/aromatic N) is 5. The van der Waals surface area contributed by atoms with E-state index in [1.54, 1.807) is 11.0 Å². The number of alkyl halides is 3. The van der Waals surface area contributed by atoms with Crippen LogP contribution in [-0.4, -0.2) is 46.1 Å². The van der Waals surface area contributed by atoms with Crippen molar-refractivity contribution < 1.29 is 22.0 Å². The molecule has 1 aliphatic rings. The molecule has 5 rings (SSSR count). The van der Waals surface area contributed by atoms with E-state index in [0.29, 0.717) is 31.7 Å². The number of anilines is 3. The Balaban J connectivity index is 1.63. The number of para-hydroxylation sites is 1. The summed E-state index contributed by atoms with van der Waals surface area (Å²) in [6.07, 6.45) is -1.22. The highest BCUT2D eigenvalue weighted by atomic mass is 19.4. The fourth-order valence-corrected chi connectivity index (χ4v) is 3.90. The van der Waals surface area contributed by atoms with Crippen molar-refractivity contribution in [3.05, 3.63) is 66.1 Å². The van der Waals surface area contributed by atoms with Crippen molar-refractivity contribution in [3.8, 4) is 11.4 Å². The summed E-state index contributed by atoms with van der Waals surface area (Å²) in [6.45, 7) is 2.09. The van der Waals surface area contributed by atoms with E-state index in [2.05, 4.69) is 30.6 Å². The normalized spacial score (nSPS) is 14.4. The molecule has 0 aliphatic carbocycles. The van der Waals surface area contributed by atoms with E-state index < -0.39 is 23.4 Å². The molecule has 2 N–H and O–H groups in total. The molecule has 0 saturated carbocycles. The molecule has 0 unspecified atom stereocenters. The highest BCUT2D eigenvalue weighted by molar-refractivity contribution is 5.94. The Bertz CT molecular complexity index is 1370. The van der Waals surface area contributed by atoms with Crippen molar-refractivity contribution in [1.29, 1.82) is 0 Å². The lowest BCUT2D eigenvalue weighted by atomic mass is 10.1. The summed E-state index contributed by atoms with van der Waals surface area (Å²) in [5, 5.41) is 5.64. The second-order valence-corrected chi connectivity index (χ2v) is 7.84. The van der Waals surface area contributed by atoms with Crippen LogP contribution in [0.4, 0.5) is 39.3 Å². The zero-order valence-electron chi connectivity index (χ0n) is 18.1. The third-order valence-electron chi connectivity index (χ3n) is 5.54. The average molecular weight is 487 g/mol. The molecule has 4 heterocycles. The van der Waals surface area contributed by atoms with E-state index in [1.165, 1.54) is 24.5 Å². The van der Waals surface area contributed by atoms with Gasteiger partial charge >= 0.3 is 6.18 Å². The first kappa shape index (κ1) is 22.8. The minimum absolute atomic E-state index is 0.0322. The highest BCUT2D eigenvalue weighted by Gasteiger charge is 2.35. The Morgan fingerprint density at radius 3 is 2.43 bits per heavy atom. The first-order valence-electron chi connectivity index (χ1n) is 10.7. The zero-order chi connectivity index (χ0) is 24.6. The number of piperazine rings is 1. The SMILES string of the molecule is Fc1cccc(F)c1Nc1cc(-c2nc(N3CCNCC3)c3c(C(F)(F)F)cncc3n2)ccn1. The molecule has 0 spiro atoms. The largest absolute Gasteiger partial charge is 0.418 e. The maximum Gasteiger partial charge on any atom is 0.418 e. The number of halogens is 5. The molecule has 1 aliphatic heterocycles. The standard InChI is InChI=1S/C23H18F5N7/c24-15-2-1-3-16(25)20(15)33-18-10-13(4-5-31-18)21-32-17-12-30-11-14(23(26,27)28)19(17)22(34-21)35-8-6-29-7-9-35/h1-5,10-12,29H,6-9H2,(H,31,33). The van der Waals surface area contributed by atoms with Crippen molar-refractivity contribution in [2.24, 2.45) is 0 Å². The van der Waals surface area contributed by atoms with Gasteiger partial charge in [0.2, 0.25) is 0 Å². The van der Waals surface area contributed by atoms with Crippen molar-refractivity contribution in [3.63, 3.8) is 0 Å². The summed E-state index contributed by atoms with van der Waals surface area (Å²) in [7, 11) is 0. The smallest absolute Gasteiger partial charge is 0.353 e. The fourth-order valence-electron chi connectivity index (χ4n) is 3.90. The number of nitrogens with one attached hydrogen (secondary N) is 2. The van der Waals surface area contributed by atoms with Gasteiger partial charge in [0.15, 0.2) is 5.82 Å². The topological polar surface area (TPSA) is 78.9 Å². The lowest BCUT2D eigenvalue weighted by Crippen LogP contribution is -2.44. The molecule has 1 fully saturated rings. The van der Waals surface area contributed by atoms with Gasteiger partial charge in [-0.05, 0) is 24.3 Å².